The largest absolute Gasteiger partial charge is 0.375 e. The van der Waals surface area contributed by atoms with Crippen LogP contribution in [-0.2, 0) is 16.8 Å². The predicted octanol–water partition coefficient (Wildman–Crippen LogP) is 3.74. The van der Waals surface area contributed by atoms with Crippen LogP contribution in [0.25, 0.3) is 11.1 Å². The van der Waals surface area contributed by atoms with Crippen molar-refractivity contribution in [1.82, 2.24) is 0 Å². The minimum atomic E-state index is -1.51. The summed E-state index contributed by atoms with van der Waals surface area (Å²) in [4.78, 5) is 12.3. The Kier molecular flexibility index (Phi) is 3.44. The third kappa shape index (κ3) is 2.39. The topological polar surface area (TPSA) is 49.3 Å². The van der Waals surface area contributed by atoms with Gasteiger partial charge in [0, 0.05) is 17.7 Å². The first kappa shape index (κ1) is 14.7. The second-order valence-electron chi connectivity index (χ2n) is 6.10. The minimum absolute atomic E-state index is 0.255. The van der Waals surface area contributed by atoms with Crippen LogP contribution in [0.4, 0.5) is 5.69 Å². The van der Waals surface area contributed by atoms with Gasteiger partial charge in [0.2, 0.25) is 0 Å². The fourth-order valence-electron chi connectivity index (χ4n) is 3.22. The number of carbonyl (C=O) groups is 1. The van der Waals surface area contributed by atoms with E-state index in [1.165, 1.54) is 0 Å². The lowest BCUT2D eigenvalue weighted by atomic mass is 9.88. The highest BCUT2D eigenvalue weighted by Gasteiger charge is 2.44. The number of rotatable bonds is 3. The van der Waals surface area contributed by atoms with Crippen LogP contribution in [0, 0.1) is 0 Å². The molecule has 1 atom stereocenters. The normalized spacial score (nSPS) is 19.0. The van der Waals surface area contributed by atoms with Crippen LogP contribution in [0.15, 0.2) is 78.9 Å². The third-order valence-corrected chi connectivity index (χ3v) is 4.52. The summed E-state index contributed by atoms with van der Waals surface area (Å²) in [5, 5.41) is 13.7. The Bertz CT molecular complexity index is 887. The summed E-state index contributed by atoms with van der Waals surface area (Å²) < 4.78 is 0. The molecule has 0 spiro atoms. The molecule has 1 unspecified atom stereocenters. The Hall–Kier alpha value is -2.91. The van der Waals surface area contributed by atoms with Crippen molar-refractivity contribution >= 4 is 11.6 Å². The molecule has 1 amide bonds. The number of benzene rings is 3. The first-order chi connectivity index (χ1) is 11.7. The van der Waals surface area contributed by atoms with Crippen molar-refractivity contribution in [1.29, 1.82) is 0 Å². The van der Waals surface area contributed by atoms with Gasteiger partial charge in [-0.25, -0.2) is 0 Å². The highest BCUT2D eigenvalue weighted by atomic mass is 16.3. The van der Waals surface area contributed by atoms with Gasteiger partial charge in [0.1, 0.15) is 0 Å². The van der Waals surface area contributed by atoms with E-state index in [2.05, 4.69) is 17.4 Å². The van der Waals surface area contributed by atoms with Crippen LogP contribution >= 0.6 is 0 Å². The van der Waals surface area contributed by atoms with Crippen molar-refractivity contribution < 1.29 is 9.90 Å². The average molecular weight is 315 g/mol. The Morgan fingerprint density at radius 2 is 1.42 bits per heavy atom. The van der Waals surface area contributed by atoms with Gasteiger partial charge in [0.25, 0.3) is 5.91 Å². The fraction of sp³-hybridized carbons (Fsp3) is 0.0952. The molecule has 0 aromatic heterocycles. The average Bonchev–Trinajstić information content (AvgIpc) is 2.87. The van der Waals surface area contributed by atoms with Crippen molar-refractivity contribution in [3.05, 3.63) is 90.0 Å². The van der Waals surface area contributed by atoms with E-state index in [0.29, 0.717) is 11.3 Å². The number of fused-ring (bicyclic) bond motifs is 1. The Labute approximate surface area is 140 Å². The maximum absolute atomic E-state index is 12.3. The molecular formula is C21H17NO2. The summed E-state index contributed by atoms with van der Waals surface area (Å²) in [6.45, 7) is 0. The molecule has 3 heteroatoms. The minimum Gasteiger partial charge on any atom is -0.375 e. The molecule has 0 radical (unpaired) electrons. The molecule has 1 aliphatic heterocycles. The van der Waals surface area contributed by atoms with Crippen molar-refractivity contribution in [2.45, 2.75) is 12.0 Å². The molecule has 1 heterocycles. The summed E-state index contributed by atoms with van der Waals surface area (Å²) in [5.74, 6) is -0.365. The van der Waals surface area contributed by atoms with Gasteiger partial charge >= 0.3 is 0 Å². The van der Waals surface area contributed by atoms with Crippen molar-refractivity contribution in [2.24, 2.45) is 0 Å². The van der Waals surface area contributed by atoms with E-state index in [-0.39, 0.29) is 12.3 Å². The zero-order valence-corrected chi connectivity index (χ0v) is 13.1. The van der Waals surface area contributed by atoms with Crippen molar-refractivity contribution in [2.75, 3.05) is 5.32 Å². The molecule has 0 saturated carbocycles. The van der Waals surface area contributed by atoms with E-state index in [4.69, 9.17) is 0 Å². The van der Waals surface area contributed by atoms with Gasteiger partial charge in [-0.2, -0.15) is 0 Å². The van der Waals surface area contributed by atoms with E-state index in [1.807, 2.05) is 60.7 Å². The van der Waals surface area contributed by atoms with Gasteiger partial charge in [-0.15, -0.1) is 0 Å². The summed E-state index contributed by atoms with van der Waals surface area (Å²) in [5.41, 5.74) is 3.00. The maximum atomic E-state index is 12.3. The quantitative estimate of drug-likeness (QED) is 0.773. The first-order valence-electron chi connectivity index (χ1n) is 7.94. The van der Waals surface area contributed by atoms with E-state index in [1.54, 1.807) is 6.07 Å². The number of hydrogen-bond donors (Lipinski definition) is 2. The number of carbonyl (C=O) groups excluding carboxylic acids is 1. The van der Waals surface area contributed by atoms with Crippen LogP contribution in [-0.4, -0.2) is 11.0 Å². The van der Waals surface area contributed by atoms with Crippen LogP contribution in [0.1, 0.15) is 11.1 Å². The summed E-state index contributed by atoms with van der Waals surface area (Å²) in [6, 6.07) is 25.4. The van der Waals surface area contributed by atoms with E-state index >= 15 is 0 Å². The fourth-order valence-corrected chi connectivity index (χ4v) is 3.22. The summed E-state index contributed by atoms with van der Waals surface area (Å²) in [6.07, 6.45) is 0.255. The SMILES string of the molecule is O=C1Nc2ccccc2C1(O)Cc1ccc(-c2ccccc2)cc1. The number of anilines is 1. The van der Waals surface area contributed by atoms with Crippen LogP contribution < -0.4 is 5.32 Å². The summed E-state index contributed by atoms with van der Waals surface area (Å²) in [7, 11) is 0. The molecule has 3 nitrogen and oxygen atoms in total. The van der Waals surface area contributed by atoms with E-state index < -0.39 is 5.60 Å². The summed E-state index contributed by atoms with van der Waals surface area (Å²) >= 11 is 0. The smallest absolute Gasteiger partial charge is 0.261 e. The second kappa shape index (κ2) is 5.62. The van der Waals surface area contributed by atoms with E-state index in [9.17, 15) is 9.90 Å². The van der Waals surface area contributed by atoms with Crippen molar-refractivity contribution in [3.8, 4) is 11.1 Å². The van der Waals surface area contributed by atoms with Gasteiger partial charge in [-0.3, -0.25) is 4.79 Å². The van der Waals surface area contributed by atoms with Crippen LogP contribution in [0.2, 0.25) is 0 Å². The Morgan fingerprint density at radius 3 is 2.17 bits per heavy atom. The highest BCUT2D eigenvalue weighted by Crippen LogP contribution is 2.38. The predicted molar refractivity (Wildman–Crippen MR) is 94.6 cm³/mol. The molecule has 2 N–H and O–H groups in total. The third-order valence-electron chi connectivity index (χ3n) is 4.52. The highest BCUT2D eigenvalue weighted by molar-refractivity contribution is 6.05. The molecule has 3 aromatic carbocycles. The second-order valence-corrected chi connectivity index (χ2v) is 6.10. The van der Waals surface area contributed by atoms with Crippen LogP contribution in [0.5, 0.6) is 0 Å². The zero-order valence-electron chi connectivity index (χ0n) is 13.1. The molecule has 3 aromatic rings. The lowest BCUT2D eigenvalue weighted by Gasteiger charge is -2.21. The monoisotopic (exact) mass is 315 g/mol. The molecular weight excluding hydrogens is 298 g/mol. The molecule has 0 fully saturated rings. The van der Waals surface area contributed by atoms with E-state index in [0.717, 1.165) is 16.7 Å². The lowest BCUT2D eigenvalue weighted by Crippen LogP contribution is -2.36. The lowest BCUT2D eigenvalue weighted by molar-refractivity contribution is -0.133. The van der Waals surface area contributed by atoms with Gasteiger partial charge in [-0.1, -0.05) is 72.8 Å². The van der Waals surface area contributed by atoms with Gasteiger partial charge in [0.05, 0.1) is 0 Å². The number of amides is 1. The molecule has 0 aliphatic carbocycles. The first-order valence-corrected chi connectivity index (χ1v) is 7.94. The molecule has 24 heavy (non-hydrogen) atoms. The Morgan fingerprint density at radius 1 is 0.792 bits per heavy atom. The number of para-hydroxylation sites is 1. The molecule has 1 aliphatic rings. The molecule has 0 bridgehead atoms. The number of hydrogen-bond acceptors (Lipinski definition) is 2. The molecule has 4 rings (SSSR count). The number of nitrogens with one attached hydrogen (secondary N) is 1. The van der Waals surface area contributed by atoms with Gasteiger partial charge < -0.3 is 10.4 Å². The maximum Gasteiger partial charge on any atom is 0.261 e. The Balaban J connectivity index is 1.63. The molecule has 118 valence electrons. The van der Waals surface area contributed by atoms with Crippen LogP contribution in [0.3, 0.4) is 0 Å². The van der Waals surface area contributed by atoms with Crippen molar-refractivity contribution in [3.63, 3.8) is 0 Å². The zero-order chi connectivity index (χ0) is 16.6. The standard InChI is InChI=1S/C21H17NO2/c23-20-21(24,18-8-4-5-9-19(18)22-20)14-15-10-12-17(13-11-15)16-6-2-1-3-7-16/h1-13,24H,14H2,(H,22,23). The molecule has 0 saturated heterocycles. The number of aliphatic hydroxyl groups is 1. The van der Waals surface area contributed by atoms with Gasteiger partial charge in [-0.05, 0) is 22.8 Å². The van der Waals surface area contributed by atoms with Gasteiger partial charge in [0.15, 0.2) is 5.60 Å².